The smallest absolute Gasteiger partial charge is 0.303 e. The summed E-state index contributed by atoms with van der Waals surface area (Å²) in [7, 11) is 4.48. The molecular formula is C36H41ClN2O10. The minimum Gasteiger partial charge on any atom is -0.496 e. The fourth-order valence-electron chi connectivity index (χ4n) is 5.67. The molecule has 0 saturated heterocycles. The molecule has 262 valence electrons. The van der Waals surface area contributed by atoms with E-state index >= 15 is 0 Å². The highest BCUT2D eigenvalue weighted by molar-refractivity contribution is 6.30. The molecule has 0 radical (unpaired) electrons. The summed E-state index contributed by atoms with van der Waals surface area (Å²) in [6.07, 6.45) is -2.52. The van der Waals surface area contributed by atoms with Gasteiger partial charge in [0.1, 0.15) is 18.0 Å². The molecule has 2 N–H and O–H groups in total. The zero-order valence-corrected chi connectivity index (χ0v) is 29.1. The van der Waals surface area contributed by atoms with Crippen molar-refractivity contribution in [3.05, 3.63) is 76.3 Å². The number of esters is 1. The fourth-order valence-corrected chi connectivity index (χ4v) is 5.85. The van der Waals surface area contributed by atoms with E-state index in [1.807, 2.05) is 13.8 Å². The lowest BCUT2D eigenvalue weighted by atomic mass is 9.92. The first-order valence-electron chi connectivity index (χ1n) is 15.6. The molecule has 0 saturated carbocycles. The second kappa shape index (κ2) is 16.1. The minimum absolute atomic E-state index is 0.0376. The Morgan fingerprint density at radius 1 is 0.980 bits per heavy atom. The number of hydrogen-bond donors (Lipinski definition) is 2. The second-order valence-electron chi connectivity index (χ2n) is 12.3. The second-order valence-corrected chi connectivity index (χ2v) is 12.8. The Morgan fingerprint density at radius 2 is 1.71 bits per heavy atom. The normalized spacial score (nSPS) is 15.9. The third kappa shape index (κ3) is 9.21. The molecule has 2 atom stereocenters. The molecule has 1 heterocycles. The quantitative estimate of drug-likeness (QED) is 0.197. The third-order valence-corrected chi connectivity index (χ3v) is 8.15. The van der Waals surface area contributed by atoms with Gasteiger partial charge in [0.05, 0.1) is 34.4 Å². The van der Waals surface area contributed by atoms with Crippen LogP contribution in [-0.4, -0.2) is 69.4 Å². The molecule has 1 aliphatic rings. The predicted octanol–water partition coefficient (Wildman–Crippen LogP) is 5.82. The number of halogens is 1. The van der Waals surface area contributed by atoms with Crippen LogP contribution >= 0.6 is 11.6 Å². The number of carbonyl (C=O) groups is 4. The van der Waals surface area contributed by atoms with Crippen LogP contribution in [0.25, 0.3) is 0 Å². The summed E-state index contributed by atoms with van der Waals surface area (Å²) >= 11 is 6.52. The van der Waals surface area contributed by atoms with Crippen molar-refractivity contribution in [2.24, 2.45) is 5.41 Å². The molecule has 3 aromatic carbocycles. The number of methoxy groups -OCH3 is 3. The predicted molar refractivity (Wildman–Crippen MR) is 183 cm³/mol. The lowest BCUT2D eigenvalue weighted by molar-refractivity contribution is -0.144. The summed E-state index contributed by atoms with van der Waals surface area (Å²) in [5.74, 6) is -1.12. The molecule has 0 aliphatic carbocycles. The van der Waals surface area contributed by atoms with Crippen LogP contribution < -0.4 is 24.4 Å². The Morgan fingerprint density at radius 3 is 2.37 bits per heavy atom. The number of carbonyl (C=O) groups excluding carboxylic acids is 3. The van der Waals surface area contributed by atoms with Gasteiger partial charge < -0.3 is 39.0 Å². The van der Waals surface area contributed by atoms with Gasteiger partial charge in [-0.05, 0) is 54.4 Å². The number of anilines is 2. The lowest BCUT2D eigenvalue weighted by Gasteiger charge is -2.33. The van der Waals surface area contributed by atoms with Crippen LogP contribution in [-0.2, 0) is 35.1 Å². The van der Waals surface area contributed by atoms with Gasteiger partial charge in [0.2, 0.25) is 5.91 Å². The summed E-state index contributed by atoms with van der Waals surface area (Å²) in [5.41, 5.74) is 1.89. The largest absolute Gasteiger partial charge is 0.496 e. The fraction of sp³-hybridized carbons (Fsp3) is 0.389. The van der Waals surface area contributed by atoms with Gasteiger partial charge in [0.15, 0.2) is 11.5 Å². The topological polar surface area (TPSA) is 150 Å². The van der Waals surface area contributed by atoms with Gasteiger partial charge >= 0.3 is 11.9 Å². The average molecular weight is 697 g/mol. The summed E-state index contributed by atoms with van der Waals surface area (Å²) in [6.45, 7) is 5.19. The van der Waals surface area contributed by atoms with Gasteiger partial charge in [-0.1, -0.05) is 37.6 Å². The van der Waals surface area contributed by atoms with Crippen LogP contribution in [0, 0.1) is 5.41 Å². The SMILES string of the molecule is COc1ccc(NC(=O)C[C@H]2O[C@H](c3cccc(OC)c3OC)c3cc(Cl)ccc3N(CC(C)(C)COC(C)=O)C2=O)cc1CCC(=O)O. The van der Waals surface area contributed by atoms with Gasteiger partial charge in [0, 0.05) is 52.8 Å². The van der Waals surface area contributed by atoms with Gasteiger partial charge in [-0.15, -0.1) is 0 Å². The van der Waals surface area contributed by atoms with Crippen LogP contribution in [0.15, 0.2) is 54.6 Å². The van der Waals surface area contributed by atoms with E-state index in [0.29, 0.717) is 50.3 Å². The Labute approximate surface area is 290 Å². The summed E-state index contributed by atoms with van der Waals surface area (Å²) in [5, 5.41) is 12.4. The van der Waals surface area contributed by atoms with Gasteiger partial charge in [-0.25, -0.2) is 0 Å². The molecular weight excluding hydrogens is 656 g/mol. The maximum atomic E-state index is 14.5. The van der Waals surface area contributed by atoms with Crippen molar-refractivity contribution in [2.45, 2.75) is 52.2 Å². The molecule has 4 rings (SSSR count). The average Bonchev–Trinajstić information content (AvgIpc) is 3.16. The standard InChI is InChI=1S/C36H41ClN2O10/c1-21(40)48-20-36(2,3)19-39-27-13-11-23(37)17-26(27)33(25-8-7-9-29(46-5)34(25)47-6)49-30(35(39)44)18-31(41)38-24-12-14-28(45-4)22(16-24)10-15-32(42)43/h7-9,11-14,16-17,30,33H,10,15,18-20H2,1-6H3,(H,38,41)(H,42,43)/t30-,33-/m1/s1. The van der Waals surface area contributed by atoms with Crippen molar-refractivity contribution in [2.75, 3.05) is 44.7 Å². The molecule has 0 fully saturated rings. The molecule has 2 amide bonds. The number of amides is 2. The number of aliphatic carboxylic acids is 1. The first-order valence-corrected chi connectivity index (χ1v) is 15.9. The molecule has 3 aromatic rings. The van der Waals surface area contributed by atoms with Crippen molar-refractivity contribution in [3.8, 4) is 17.2 Å². The zero-order valence-electron chi connectivity index (χ0n) is 28.3. The Bertz CT molecular complexity index is 1710. The van der Waals surface area contributed by atoms with Crippen molar-refractivity contribution in [3.63, 3.8) is 0 Å². The van der Waals surface area contributed by atoms with E-state index in [9.17, 15) is 24.3 Å². The highest BCUT2D eigenvalue weighted by atomic mass is 35.5. The number of carboxylic acid groups (broad SMARTS) is 1. The molecule has 12 nitrogen and oxygen atoms in total. The molecule has 0 spiro atoms. The number of fused-ring (bicyclic) bond motifs is 1. The van der Waals surface area contributed by atoms with Crippen molar-refractivity contribution in [1.82, 2.24) is 0 Å². The number of nitrogens with zero attached hydrogens (tertiary/aromatic N) is 1. The van der Waals surface area contributed by atoms with Crippen molar-refractivity contribution >= 4 is 46.7 Å². The molecule has 1 aliphatic heterocycles. The maximum absolute atomic E-state index is 14.5. The highest BCUT2D eigenvalue weighted by Crippen LogP contribution is 2.45. The molecule has 0 bridgehead atoms. The lowest BCUT2D eigenvalue weighted by Crippen LogP contribution is -2.46. The number of benzene rings is 3. The Balaban J connectivity index is 1.76. The van der Waals surface area contributed by atoms with E-state index in [0.717, 1.165) is 0 Å². The van der Waals surface area contributed by atoms with E-state index < -0.39 is 41.4 Å². The molecule has 0 unspecified atom stereocenters. The van der Waals surface area contributed by atoms with Crippen LogP contribution in [0.3, 0.4) is 0 Å². The van der Waals surface area contributed by atoms with Crippen molar-refractivity contribution < 1.29 is 48.0 Å². The molecule has 49 heavy (non-hydrogen) atoms. The first-order chi connectivity index (χ1) is 23.3. The number of aryl methyl sites for hydroxylation is 1. The minimum atomic E-state index is -1.29. The number of ether oxygens (including phenoxy) is 5. The molecule has 13 heteroatoms. The number of nitrogens with one attached hydrogen (secondary N) is 1. The van der Waals surface area contributed by atoms with E-state index in [-0.39, 0.29) is 32.4 Å². The summed E-state index contributed by atoms with van der Waals surface area (Å²) in [4.78, 5) is 52.5. The number of rotatable bonds is 14. The zero-order chi connectivity index (χ0) is 35.9. The monoisotopic (exact) mass is 696 g/mol. The third-order valence-electron chi connectivity index (χ3n) is 7.92. The van der Waals surface area contributed by atoms with E-state index in [4.69, 9.17) is 35.3 Å². The number of para-hydroxylation sites is 1. The van der Waals surface area contributed by atoms with Crippen LogP contribution in [0.2, 0.25) is 5.02 Å². The maximum Gasteiger partial charge on any atom is 0.303 e. The summed E-state index contributed by atoms with van der Waals surface area (Å²) < 4.78 is 28.6. The Kier molecular flexibility index (Phi) is 12.1. The van der Waals surface area contributed by atoms with E-state index in [1.165, 1.54) is 33.2 Å². The first kappa shape index (κ1) is 37.0. The van der Waals surface area contributed by atoms with E-state index in [2.05, 4.69) is 5.32 Å². The van der Waals surface area contributed by atoms with Crippen molar-refractivity contribution in [1.29, 1.82) is 0 Å². The molecule has 0 aromatic heterocycles. The van der Waals surface area contributed by atoms with Gasteiger partial charge in [-0.2, -0.15) is 0 Å². The Hall–Kier alpha value is -4.81. The van der Waals surface area contributed by atoms with Gasteiger partial charge in [0.25, 0.3) is 5.91 Å². The number of hydrogen-bond acceptors (Lipinski definition) is 9. The van der Waals surface area contributed by atoms with Crippen LogP contribution in [0.5, 0.6) is 17.2 Å². The number of carboxylic acids is 1. The van der Waals surface area contributed by atoms with Crippen LogP contribution in [0.4, 0.5) is 11.4 Å². The van der Waals surface area contributed by atoms with Gasteiger partial charge in [-0.3, -0.25) is 19.2 Å². The van der Waals surface area contributed by atoms with Crippen LogP contribution in [0.1, 0.15) is 56.4 Å². The van der Waals surface area contributed by atoms with E-state index in [1.54, 1.807) is 54.6 Å². The summed E-state index contributed by atoms with van der Waals surface area (Å²) in [6, 6.07) is 15.3. The highest BCUT2D eigenvalue weighted by Gasteiger charge is 2.41.